The number of amides is 2. The van der Waals surface area contributed by atoms with Crippen molar-refractivity contribution in [1.82, 2.24) is 9.88 Å². The predicted octanol–water partition coefficient (Wildman–Crippen LogP) is 3.63. The van der Waals surface area contributed by atoms with Crippen molar-refractivity contribution in [2.24, 2.45) is 17.8 Å². The molecule has 4 atom stereocenters. The lowest BCUT2D eigenvalue weighted by molar-refractivity contribution is -0.140. The van der Waals surface area contributed by atoms with Gasteiger partial charge in [-0.05, 0) is 71.7 Å². The number of hydrogen-bond acceptors (Lipinski definition) is 8. The van der Waals surface area contributed by atoms with Crippen LogP contribution in [0.5, 0.6) is 5.75 Å². The predicted molar refractivity (Wildman–Crippen MR) is 152 cm³/mol. The van der Waals surface area contributed by atoms with Crippen molar-refractivity contribution in [3.8, 4) is 5.75 Å². The molecule has 1 saturated heterocycles. The van der Waals surface area contributed by atoms with Gasteiger partial charge in [0.25, 0.3) is 0 Å². The summed E-state index contributed by atoms with van der Waals surface area (Å²) in [6.07, 6.45) is 3.20. The van der Waals surface area contributed by atoms with Crippen molar-refractivity contribution in [2.75, 3.05) is 13.2 Å². The third-order valence-corrected chi connectivity index (χ3v) is 8.72. The number of para-hydroxylation sites is 1. The Morgan fingerprint density at radius 1 is 1.07 bits per heavy atom. The number of nitrogens with zero attached hydrogens (tertiary/aromatic N) is 2. The highest BCUT2D eigenvalue weighted by Gasteiger charge is 2.54. The van der Waals surface area contributed by atoms with Crippen LogP contribution >= 0.6 is 11.3 Å². The molecule has 40 heavy (non-hydrogen) atoms. The summed E-state index contributed by atoms with van der Waals surface area (Å²) in [6.45, 7) is -0.625. The Bertz CT molecular complexity index is 1420. The molecule has 8 nitrogen and oxygen atoms in total. The number of aromatic nitrogens is 1. The first kappa shape index (κ1) is 27.9. The molecule has 1 aliphatic heterocycles. The molecule has 3 heterocycles. The number of rotatable bonds is 10. The van der Waals surface area contributed by atoms with Crippen LogP contribution in [0.2, 0.25) is 0 Å². The maximum atomic E-state index is 13.5. The van der Waals surface area contributed by atoms with Crippen LogP contribution < -0.4 is 0 Å². The second-order valence-corrected chi connectivity index (χ2v) is 11.2. The molecular weight excluding hydrogens is 528 g/mol. The van der Waals surface area contributed by atoms with Crippen LogP contribution in [-0.2, 0) is 16.1 Å². The summed E-state index contributed by atoms with van der Waals surface area (Å²) in [4.78, 5) is 33.3. The highest BCUT2D eigenvalue weighted by atomic mass is 32.1. The number of phenolic OH excluding ortho intramolecular Hbond substituents is 1. The summed E-state index contributed by atoms with van der Waals surface area (Å²) >= 11 is 1.46. The monoisotopic (exact) mass is 560 g/mol. The van der Waals surface area contributed by atoms with E-state index in [1.165, 1.54) is 16.2 Å². The number of benzene rings is 1. The maximum Gasteiger partial charge on any atom is 0.234 e. The summed E-state index contributed by atoms with van der Waals surface area (Å²) in [5, 5.41) is 44.3. The van der Waals surface area contributed by atoms with Crippen LogP contribution in [0.1, 0.15) is 35.4 Å². The van der Waals surface area contributed by atoms with Crippen LogP contribution in [0.25, 0.3) is 11.6 Å². The van der Waals surface area contributed by atoms with Crippen LogP contribution in [0.15, 0.2) is 77.3 Å². The molecule has 0 bridgehead atoms. The first-order chi connectivity index (χ1) is 19.4. The number of aliphatic hydroxyl groups excluding tert-OH is 3. The number of carbonyl (C=O) groups is 2. The molecule has 2 aliphatic rings. The zero-order valence-electron chi connectivity index (χ0n) is 21.9. The largest absolute Gasteiger partial charge is 0.507 e. The van der Waals surface area contributed by atoms with Gasteiger partial charge in [-0.2, -0.15) is 0 Å². The first-order valence-corrected chi connectivity index (χ1v) is 14.2. The number of imide groups is 1. The Morgan fingerprint density at radius 3 is 2.55 bits per heavy atom. The van der Waals surface area contributed by atoms with Crippen molar-refractivity contribution < 1.29 is 30.0 Å². The maximum absolute atomic E-state index is 13.5. The molecule has 3 aromatic rings. The number of fused-ring (bicyclic) bond motifs is 1. The van der Waals surface area contributed by atoms with E-state index < -0.39 is 30.5 Å². The standard InChI is InChI=1S/C31H32N2O6S/c34-17-21-15-23-29(31(39)33(30(23)38)16-22-7-5-13-40-22)24(18-35)28(21)27(37)11-10-19(25-8-3-4-12-32-25)14-20-6-1-2-9-26(20)36/h1-9,12-14,23-24,27,29,34-37H,10-11,15-18H2/b19-14-/t23-,24+,27-,29-/m1/s1. The van der Waals surface area contributed by atoms with Gasteiger partial charge in [-0.1, -0.05) is 30.3 Å². The Kier molecular flexibility index (Phi) is 8.56. The minimum atomic E-state index is -1.06. The second-order valence-electron chi connectivity index (χ2n) is 10.2. The van der Waals surface area contributed by atoms with Crippen LogP contribution in [0, 0.1) is 17.8 Å². The average molecular weight is 561 g/mol. The number of aliphatic hydroxyl groups is 3. The lowest BCUT2D eigenvalue weighted by atomic mass is 9.68. The number of allylic oxidation sites excluding steroid dienone is 1. The molecule has 5 rings (SSSR count). The van der Waals surface area contributed by atoms with Gasteiger partial charge in [0.15, 0.2) is 0 Å². The van der Waals surface area contributed by atoms with Crippen molar-refractivity contribution >= 4 is 34.8 Å². The number of aromatic hydroxyl groups is 1. The van der Waals surface area contributed by atoms with E-state index in [9.17, 15) is 30.0 Å². The minimum absolute atomic E-state index is 0.122. The number of likely N-dealkylation sites (tertiary alicyclic amines) is 1. The van der Waals surface area contributed by atoms with Gasteiger partial charge < -0.3 is 20.4 Å². The van der Waals surface area contributed by atoms with E-state index in [4.69, 9.17) is 0 Å². The summed E-state index contributed by atoms with van der Waals surface area (Å²) < 4.78 is 0. The molecule has 1 aliphatic carbocycles. The van der Waals surface area contributed by atoms with E-state index in [0.29, 0.717) is 28.8 Å². The fraction of sp³-hybridized carbons (Fsp3) is 0.323. The van der Waals surface area contributed by atoms with Gasteiger partial charge >= 0.3 is 0 Å². The number of pyridine rings is 1. The van der Waals surface area contributed by atoms with Crippen molar-refractivity contribution in [3.63, 3.8) is 0 Å². The molecule has 2 aromatic heterocycles. The third-order valence-electron chi connectivity index (χ3n) is 7.86. The van der Waals surface area contributed by atoms with Crippen molar-refractivity contribution in [2.45, 2.75) is 31.9 Å². The second kappa shape index (κ2) is 12.3. The van der Waals surface area contributed by atoms with E-state index in [-0.39, 0.29) is 43.6 Å². The summed E-state index contributed by atoms with van der Waals surface area (Å²) in [5.41, 5.74) is 3.03. The number of thiophene rings is 1. The van der Waals surface area contributed by atoms with Gasteiger partial charge in [-0.3, -0.25) is 19.5 Å². The van der Waals surface area contributed by atoms with Gasteiger partial charge in [-0.15, -0.1) is 11.3 Å². The summed E-state index contributed by atoms with van der Waals surface area (Å²) in [7, 11) is 0. The topological polar surface area (TPSA) is 131 Å². The van der Waals surface area contributed by atoms with E-state index in [1.807, 2.05) is 41.8 Å². The molecule has 1 fully saturated rings. The van der Waals surface area contributed by atoms with Crippen LogP contribution in [0.4, 0.5) is 0 Å². The molecule has 0 spiro atoms. The third kappa shape index (κ3) is 5.51. The molecule has 2 amide bonds. The quantitative estimate of drug-likeness (QED) is 0.220. The number of carbonyl (C=O) groups excluding carboxylic acids is 2. The number of phenols is 1. The molecule has 0 unspecified atom stereocenters. The molecule has 208 valence electrons. The summed E-state index contributed by atoms with van der Waals surface area (Å²) in [5.74, 6) is -2.77. The fourth-order valence-electron chi connectivity index (χ4n) is 5.96. The van der Waals surface area contributed by atoms with Crippen LogP contribution in [0.3, 0.4) is 0 Å². The zero-order chi connectivity index (χ0) is 28.2. The SMILES string of the molecule is O=C1[C@@H]2[C@@H](CC(CO)=C([C@H](O)CC/C(=C/c3ccccc3O)c3ccccn3)[C@@H]2CO)C(=O)N1Cc1cccs1. The fourth-order valence-corrected chi connectivity index (χ4v) is 6.65. The van der Waals surface area contributed by atoms with Crippen molar-refractivity contribution in [3.05, 3.63) is 93.5 Å². The molecule has 4 N–H and O–H groups in total. The summed E-state index contributed by atoms with van der Waals surface area (Å²) in [6, 6.07) is 16.2. The molecule has 1 aromatic carbocycles. The van der Waals surface area contributed by atoms with E-state index in [2.05, 4.69) is 4.98 Å². The van der Waals surface area contributed by atoms with Gasteiger partial charge in [0.05, 0.1) is 43.4 Å². The highest BCUT2D eigenvalue weighted by Crippen LogP contribution is 2.46. The van der Waals surface area contributed by atoms with Gasteiger partial charge in [0, 0.05) is 22.6 Å². The van der Waals surface area contributed by atoms with E-state index >= 15 is 0 Å². The molecular formula is C31H32N2O6S. The minimum Gasteiger partial charge on any atom is -0.507 e. The van der Waals surface area contributed by atoms with Crippen LogP contribution in [-0.4, -0.2) is 61.4 Å². The van der Waals surface area contributed by atoms with Crippen molar-refractivity contribution in [1.29, 1.82) is 0 Å². The molecule has 9 heteroatoms. The molecule has 0 saturated carbocycles. The Labute approximate surface area is 236 Å². The molecule has 0 radical (unpaired) electrons. The lowest BCUT2D eigenvalue weighted by Crippen LogP contribution is -2.39. The number of hydrogen-bond donors (Lipinski definition) is 4. The lowest BCUT2D eigenvalue weighted by Gasteiger charge is -2.36. The first-order valence-electron chi connectivity index (χ1n) is 13.3. The smallest absolute Gasteiger partial charge is 0.234 e. The van der Waals surface area contributed by atoms with E-state index in [1.54, 1.807) is 30.5 Å². The van der Waals surface area contributed by atoms with Gasteiger partial charge in [0.1, 0.15) is 5.75 Å². The zero-order valence-corrected chi connectivity index (χ0v) is 22.7. The highest BCUT2D eigenvalue weighted by molar-refractivity contribution is 7.09. The Morgan fingerprint density at radius 2 is 1.88 bits per heavy atom. The van der Waals surface area contributed by atoms with Gasteiger partial charge in [-0.25, -0.2) is 0 Å². The Hall–Kier alpha value is -3.63. The van der Waals surface area contributed by atoms with Gasteiger partial charge in [0.2, 0.25) is 11.8 Å². The normalized spacial score (nSPS) is 22.1. The van der Waals surface area contributed by atoms with E-state index in [0.717, 1.165) is 10.5 Å². The average Bonchev–Trinajstić information content (AvgIpc) is 3.58. The Balaban J connectivity index is 1.41.